The van der Waals surface area contributed by atoms with Crippen molar-refractivity contribution >= 4 is 17.2 Å². The van der Waals surface area contributed by atoms with Crippen LogP contribution in [0.3, 0.4) is 0 Å². The Morgan fingerprint density at radius 2 is 1.96 bits per heavy atom. The van der Waals surface area contributed by atoms with E-state index in [1.165, 1.54) is 11.3 Å². The molecule has 0 saturated heterocycles. The Hall–Kier alpha value is -3.06. The largest absolute Gasteiger partial charge is 0.497 e. The van der Waals surface area contributed by atoms with Crippen LogP contribution in [0.1, 0.15) is 28.9 Å². The smallest absolute Gasteiger partial charge is 0.261 e. The van der Waals surface area contributed by atoms with Gasteiger partial charge < -0.3 is 19.8 Å². The number of H-pyrrole nitrogens is 1. The predicted octanol–water partition coefficient (Wildman–Crippen LogP) is 3.61. The summed E-state index contributed by atoms with van der Waals surface area (Å²) in [7, 11) is 3.13. The Labute approximate surface area is 160 Å². The van der Waals surface area contributed by atoms with Gasteiger partial charge in [-0.3, -0.25) is 9.59 Å². The van der Waals surface area contributed by atoms with E-state index in [1.54, 1.807) is 38.5 Å². The summed E-state index contributed by atoms with van der Waals surface area (Å²) in [6.07, 6.45) is 0. The summed E-state index contributed by atoms with van der Waals surface area (Å²) in [5, 5.41) is 4.77. The molecule has 0 aliphatic carbocycles. The first kappa shape index (κ1) is 18.7. The molecule has 0 aliphatic heterocycles. The third-order valence-corrected chi connectivity index (χ3v) is 5.10. The van der Waals surface area contributed by atoms with Gasteiger partial charge in [-0.15, -0.1) is 11.3 Å². The molecule has 3 aromatic rings. The summed E-state index contributed by atoms with van der Waals surface area (Å²) >= 11 is 1.52. The van der Waals surface area contributed by atoms with Gasteiger partial charge in [0.05, 0.1) is 30.8 Å². The number of aromatic amines is 1. The second-order valence-electron chi connectivity index (χ2n) is 5.90. The molecular formula is C20H20N2O4S. The van der Waals surface area contributed by atoms with E-state index in [0.29, 0.717) is 17.2 Å². The number of hydrogen-bond acceptors (Lipinski definition) is 5. The van der Waals surface area contributed by atoms with Gasteiger partial charge in [0.2, 0.25) is 0 Å². The zero-order valence-corrected chi connectivity index (χ0v) is 16.1. The molecule has 0 bridgehead atoms. The highest BCUT2D eigenvalue weighted by atomic mass is 32.1. The fourth-order valence-corrected chi connectivity index (χ4v) is 3.46. The highest BCUT2D eigenvalue weighted by Gasteiger charge is 2.18. The standard InChI is InChI=1S/C20H20N2O4S/c1-12(14-7-6-13(25-2)11-17(14)26-3)21-19(23)15-8-9-16(22-20(15)24)18-5-4-10-27-18/h4-12H,1-3H3,(H,21,23)(H,22,24). The van der Waals surface area contributed by atoms with Crippen molar-refractivity contribution < 1.29 is 14.3 Å². The average molecular weight is 384 g/mol. The van der Waals surface area contributed by atoms with Gasteiger partial charge >= 0.3 is 0 Å². The highest BCUT2D eigenvalue weighted by Crippen LogP contribution is 2.29. The number of benzene rings is 1. The molecule has 3 rings (SSSR count). The van der Waals surface area contributed by atoms with E-state index in [-0.39, 0.29) is 11.6 Å². The summed E-state index contributed by atoms with van der Waals surface area (Å²) in [4.78, 5) is 28.6. The van der Waals surface area contributed by atoms with Crippen LogP contribution in [0, 0.1) is 0 Å². The lowest BCUT2D eigenvalue weighted by Gasteiger charge is -2.18. The summed E-state index contributed by atoms with van der Waals surface area (Å²) in [5.41, 5.74) is 1.12. The number of thiophene rings is 1. The van der Waals surface area contributed by atoms with Gasteiger partial charge in [0.15, 0.2) is 0 Å². The van der Waals surface area contributed by atoms with Gasteiger partial charge in [-0.1, -0.05) is 6.07 Å². The van der Waals surface area contributed by atoms with Crippen molar-refractivity contribution in [1.29, 1.82) is 0 Å². The Morgan fingerprint density at radius 3 is 2.59 bits per heavy atom. The topological polar surface area (TPSA) is 80.4 Å². The molecule has 0 spiro atoms. The van der Waals surface area contributed by atoms with Crippen molar-refractivity contribution in [3.05, 3.63) is 69.3 Å². The van der Waals surface area contributed by atoms with Gasteiger partial charge in [-0.05, 0) is 42.6 Å². The maximum absolute atomic E-state index is 12.6. The van der Waals surface area contributed by atoms with Crippen molar-refractivity contribution in [3.63, 3.8) is 0 Å². The number of rotatable bonds is 6. The van der Waals surface area contributed by atoms with Gasteiger partial charge in [-0.2, -0.15) is 0 Å². The molecule has 1 amide bonds. The number of carbonyl (C=O) groups excluding carboxylic acids is 1. The number of hydrogen-bond donors (Lipinski definition) is 2. The number of ether oxygens (including phenoxy) is 2. The van der Waals surface area contributed by atoms with Crippen molar-refractivity contribution in [1.82, 2.24) is 10.3 Å². The van der Waals surface area contributed by atoms with Crippen molar-refractivity contribution in [2.45, 2.75) is 13.0 Å². The number of pyridine rings is 1. The zero-order chi connectivity index (χ0) is 19.4. The highest BCUT2D eigenvalue weighted by molar-refractivity contribution is 7.13. The Bertz CT molecular complexity index is 995. The van der Waals surface area contributed by atoms with Crippen LogP contribution < -0.4 is 20.3 Å². The van der Waals surface area contributed by atoms with Crippen LogP contribution in [0.2, 0.25) is 0 Å². The quantitative estimate of drug-likeness (QED) is 0.680. The first-order chi connectivity index (χ1) is 13.0. The molecule has 1 unspecified atom stereocenters. The van der Waals surface area contributed by atoms with Crippen molar-refractivity contribution in [2.75, 3.05) is 14.2 Å². The van der Waals surface area contributed by atoms with Gasteiger partial charge in [-0.25, -0.2) is 0 Å². The third-order valence-electron chi connectivity index (χ3n) is 4.20. The molecular weight excluding hydrogens is 364 g/mol. The number of carbonyl (C=O) groups is 1. The lowest BCUT2D eigenvalue weighted by atomic mass is 10.1. The average Bonchev–Trinajstić information content (AvgIpc) is 3.21. The van der Waals surface area contributed by atoms with Crippen LogP contribution in [0.5, 0.6) is 11.5 Å². The first-order valence-electron chi connectivity index (χ1n) is 8.33. The van der Waals surface area contributed by atoms with Gasteiger partial charge in [0.25, 0.3) is 11.5 Å². The minimum atomic E-state index is -0.445. The predicted molar refractivity (Wildman–Crippen MR) is 106 cm³/mol. The van der Waals surface area contributed by atoms with Crippen LogP contribution in [0.25, 0.3) is 10.6 Å². The zero-order valence-electron chi connectivity index (χ0n) is 15.2. The summed E-state index contributed by atoms with van der Waals surface area (Å²) in [6.45, 7) is 1.83. The molecule has 140 valence electrons. The van der Waals surface area contributed by atoms with Crippen LogP contribution in [0.4, 0.5) is 0 Å². The minimum absolute atomic E-state index is 0.0645. The van der Waals surface area contributed by atoms with Crippen LogP contribution >= 0.6 is 11.3 Å². The monoisotopic (exact) mass is 384 g/mol. The van der Waals surface area contributed by atoms with Crippen LogP contribution in [0.15, 0.2) is 52.6 Å². The van der Waals surface area contributed by atoms with E-state index in [2.05, 4.69) is 10.3 Å². The van der Waals surface area contributed by atoms with E-state index in [9.17, 15) is 9.59 Å². The second kappa shape index (κ2) is 8.09. The molecule has 0 fully saturated rings. The number of aromatic nitrogens is 1. The summed E-state index contributed by atoms with van der Waals surface area (Å²) in [5.74, 6) is 0.818. The minimum Gasteiger partial charge on any atom is -0.497 e. The maximum atomic E-state index is 12.6. The number of nitrogens with one attached hydrogen (secondary N) is 2. The van der Waals surface area contributed by atoms with E-state index in [1.807, 2.05) is 30.5 Å². The third kappa shape index (κ3) is 4.03. The molecule has 2 aromatic heterocycles. The van der Waals surface area contributed by atoms with E-state index in [0.717, 1.165) is 10.4 Å². The van der Waals surface area contributed by atoms with Gasteiger partial charge in [0.1, 0.15) is 17.1 Å². The van der Waals surface area contributed by atoms with E-state index in [4.69, 9.17) is 9.47 Å². The molecule has 0 aliphatic rings. The molecule has 0 radical (unpaired) electrons. The number of amides is 1. The van der Waals surface area contributed by atoms with Crippen molar-refractivity contribution in [3.8, 4) is 22.1 Å². The lowest BCUT2D eigenvalue weighted by molar-refractivity contribution is 0.0938. The molecule has 1 aromatic carbocycles. The SMILES string of the molecule is COc1ccc(C(C)NC(=O)c2ccc(-c3cccs3)[nH]c2=O)c(OC)c1. The molecule has 2 heterocycles. The molecule has 2 N–H and O–H groups in total. The van der Waals surface area contributed by atoms with Crippen LogP contribution in [-0.2, 0) is 0 Å². The molecule has 6 nitrogen and oxygen atoms in total. The van der Waals surface area contributed by atoms with Crippen LogP contribution in [-0.4, -0.2) is 25.1 Å². The first-order valence-corrected chi connectivity index (χ1v) is 9.21. The van der Waals surface area contributed by atoms with Crippen molar-refractivity contribution in [2.24, 2.45) is 0 Å². The fourth-order valence-electron chi connectivity index (χ4n) is 2.76. The fraction of sp³-hybridized carbons (Fsp3) is 0.200. The lowest BCUT2D eigenvalue weighted by Crippen LogP contribution is -2.31. The Kier molecular flexibility index (Phi) is 5.61. The normalized spacial score (nSPS) is 11.7. The Morgan fingerprint density at radius 1 is 1.15 bits per heavy atom. The Balaban J connectivity index is 1.80. The maximum Gasteiger partial charge on any atom is 0.261 e. The van der Waals surface area contributed by atoms with E-state index >= 15 is 0 Å². The summed E-state index contributed by atoms with van der Waals surface area (Å²) < 4.78 is 10.6. The van der Waals surface area contributed by atoms with E-state index < -0.39 is 11.5 Å². The second-order valence-corrected chi connectivity index (χ2v) is 6.84. The number of methoxy groups -OCH3 is 2. The summed E-state index contributed by atoms with van der Waals surface area (Å²) in [6, 6.07) is 12.1. The molecule has 0 saturated carbocycles. The molecule has 7 heteroatoms. The molecule has 27 heavy (non-hydrogen) atoms. The molecule has 1 atom stereocenters. The van der Waals surface area contributed by atoms with Gasteiger partial charge in [0, 0.05) is 11.6 Å².